The van der Waals surface area contributed by atoms with Crippen molar-refractivity contribution in [2.45, 2.75) is 12.5 Å². The molecule has 1 aliphatic rings. The van der Waals surface area contributed by atoms with Crippen molar-refractivity contribution < 1.29 is 14.3 Å². The first-order chi connectivity index (χ1) is 12.7. The summed E-state index contributed by atoms with van der Waals surface area (Å²) < 4.78 is 10.9. The molecule has 4 N–H and O–H groups in total. The van der Waals surface area contributed by atoms with Crippen LogP contribution in [-0.2, 0) is 11.2 Å². The maximum absolute atomic E-state index is 11.0. The van der Waals surface area contributed by atoms with Crippen molar-refractivity contribution in [2.24, 2.45) is 5.73 Å². The molecule has 1 atom stereocenters. The van der Waals surface area contributed by atoms with Gasteiger partial charge in [-0.1, -0.05) is 24.3 Å². The number of hydrogen-bond acceptors (Lipinski definition) is 4. The maximum Gasteiger partial charge on any atom is 0.255 e. The van der Waals surface area contributed by atoms with Crippen molar-refractivity contribution in [1.29, 1.82) is 0 Å². The van der Waals surface area contributed by atoms with Crippen LogP contribution in [0.25, 0.3) is 10.9 Å². The fraction of sp³-hybridized carbons (Fsp3) is 0.250. The van der Waals surface area contributed by atoms with Crippen LogP contribution in [0.2, 0.25) is 0 Å². The van der Waals surface area contributed by atoms with E-state index >= 15 is 0 Å². The highest BCUT2D eigenvalue weighted by atomic mass is 16.5. The Hall–Kier alpha value is -2.99. The van der Waals surface area contributed by atoms with Gasteiger partial charge in [0.1, 0.15) is 0 Å². The summed E-state index contributed by atoms with van der Waals surface area (Å²) in [4.78, 5) is 14.5. The van der Waals surface area contributed by atoms with Crippen LogP contribution in [0.15, 0.2) is 42.5 Å². The van der Waals surface area contributed by atoms with Gasteiger partial charge in [-0.25, -0.2) is 0 Å². The van der Waals surface area contributed by atoms with Gasteiger partial charge >= 0.3 is 0 Å². The van der Waals surface area contributed by atoms with E-state index in [1.807, 2.05) is 24.3 Å². The van der Waals surface area contributed by atoms with E-state index in [4.69, 9.17) is 15.2 Å². The van der Waals surface area contributed by atoms with Crippen molar-refractivity contribution in [2.75, 3.05) is 20.3 Å². The summed E-state index contributed by atoms with van der Waals surface area (Å²) in [5.41, 5.74) is 9.92. The van der Waals surface area contributed by atoms with Gasteiger partial charge in [0.05, 0.1) is 13.2 Å². The van der Waals surface area contributed by atoms with E-state index in [9.17, 15) is 4.79 Å². The molecule has 134 valence electrons. The third-order valence-corrected chi connectivity index (χ3v) is 4.75. The molecule has 1 aromatic heterocycles. The monoisotopic (exact) mass is 351 g/mol. The minimum Gasteiger partial charge on any atom is -0.493 e. The number of fused-ring (bicyclic) bond motifs is 3. The Labute approximate surface area is 151 Å². The lowest BCUT2D eigenvalue weighted by Gasteiger charge is -2.25. The van der Waals surface area contributed by atoms with E-state index in [2.05, 4.69) is 28.5 Å². The Bertz CT molecular complexity index is 964. The average molecular weight is 351 g/mol. The summed E-state index contributed by atoms with van der Waals surface area (Å²) in [6.45, 7) is 0.727. The summed E-state index contributed by atoms with van der Waals surface area (Å²) in [6.07, 6.45) is 0.993. The number of primary amides is 1. The van der Waals surface area contributed by atoms with Crippen LogP contribution < -0.4 is 20.5 Å². The number of ether oxygens (including phenoxy) is 2. The molecule has 1 amide bonds. The molecule has 1 unspecified atom stereocenters. The second-order valence-corrected chi connectivity index (χ2v) is 6.37. The molecule has 2 heterocycles. The van der Waals surface area contributed by atoms with E-state index in [1.165, 1.54) is 16.6 Å². The summed E-state index contributed by atoms with van der Waals surface area (Å²) in [5, 5.41) is 4.85. The van der Waals surface area contributed by atoms with Crippen LogP contribution in [0, 0.1) is 0 Å². The number of amides is 1. The maximum atomic E-state index is 11.0. The number of benzene rings is 2. The molecule has 0 fully saturated rings. The van der Waals surface area contributed by atoms with Crippen LogP contribution in [0.3, 0.4) is 0 Å². The molecule has 0 aliphatic carbocycles. The first-order valence-electron chi connectivity index (χ1n) is 8.59. The van der Waals surface area contributed by atoms with E-state index < -0.39 is 5.91 Å². The zero-order valence-electron chi connectivity index (χ0n) is 14.5. The Kier molecular flexibility index (Phi) is 4.26. The number of aromatic amines is 1. The molecule has 1 aliphatic heterocycles. The molecule has 3 aromatic rings. The predicted octanol–water partition coefficient (Wildman–Crippen LogP) is 2.28. The first-order valence-corrected chi connectivity index (χ1v) is 8.59. The molecule has 0 radical (unpaired) electrons. The van der Waals surface area contributed by atoms with Gasteiger partial charge in [0.25, 0.3) is 5.91 Å². The minimum absolute atomic E-state index is 0.0465. The van der Waals surface area contributed by atoms with Crippen molar-refractivity contribution in [1.82, 2.24) is 10.3 Å². The largest absolute Gasteiger partial charge is 0.493 e. The zero-order chi connectivity index (χ0) is 18.1. The molecule has 6 nitrogen and oxygen atoms in total. The fourth-order valence-electron chi connectivity index (χ4n) is 3.60. The van der Waals surface area contributed by atoms with Crippen LogP contribution >= 0.6 is 0 Å². The van der Waals surface area contributed by atoms with Gasteiger partial charge in [0.15, 0.2) is 18.1 Å². The lowest BCUT2D eigenvalue weighted by molar-refractivity contribution is -0.119. The van der Waals surface area contributed by atoms with Crippen LogP contribution in [-0.4, -0.2) is 31.2 Å². The number of nitrogens with two attached hydrogens (primary N) is 1. The highest BCUT2D eigenvalue weighted by Crippen LogP contribution is 2.36. The van der Waals surface area contributed by atoms with Crippen LogP contribution in [0.5, 0.6) is 11.5 Å². The molecular weight excluding hydrogens is 330 g/mol. The van der Waals surface area contributed by atoms with E-state index in [0.717, 1.165) is 24.0 Å². The minimum atomic E-state index is -0.521. The number of methoxy groups -OCH3 is 1. The molecule has 0 saturated heterocycles. The molecule has 4 rings (SSSR count). The molecule has 0 spiro atoms. The number of carbonyl (C=O) groups is 1. The van der Waals surface area contributed by atoms with Gasteiger partial charge in [-0.05, 0) is 35.7 Å². The van der Waals surface area contributed by atoms with Crippen molar-refractivity contribution >= 4 is 16.8 Å². The molecule has 2 aromatic carbocycles. The van der Waals surface area contributed by atoms with E-state index in [-0.39, 0.29) is 12.6 Å². The predicted molar refractivity (Wildman–Crippen MR) is 99.5 cm³/mol. The number of aromatic nitrogens is 1. The molecule has 26 heavy (non-hydrogen) atoms. The Morgan fingerprint density at radius 2 is 2.08 bits per heavy atom. The third-order valence-electron chi connectivity index (χ3n) is 4.75. The Balaban J connectivity index is 1.71. The lowest BCUT2D eigenvalue weighted by Crippen LogP contribution is -2.30. The Morgan fingerprint density at radius 3 is 2.88 bits per heavy atom. The second kappa shape index (κ2) is 6.72. The van der Waals surface area contributed by atoms with Gasteiger partial charge in [-0.2, -0.15) is 0 Å². The quantitative estimate of drug-likeness (QED) is 0.658. The summed E-state index contributed by atoms with van der Waals surface area (Å²) in [7, 11) is 1.58. The summed E-state index contributed by atoms with van der Waals surface area (Å²) >= 11 is 0. The SMILES string of the molecule is COc1cc(C2NCCc3c2[nH]c2ccccc32)ccc1OCC(N)=O. The smallest absolute Gasteiger partial charge is 0.255 e. The van der Waals surface area contributed by atoms with Gasteiger partial charge in [-0.3, -0.25) is 4.79 Å². The van der Waals surface area contributed by atoms with Gasteiger partial charge in [-0.15, -0.1) is 0 Å². The van der Waals surface area contributed by atoms with Crippen molar-refractivity contribution in [3.05, 3.63) is 59.3 Å². The molecule has 6 heteroatoms. The van der Waals surface area contributed by atoms with Crippen LogP contribution in [0.4, 0.5) is 0 Å². The lowest BCUT2D eigenvalue weighted by atomic mass is 9.94. The highest BCUT2D eigenvalue weighted by molar-refractivity contribution is 5.85. The van der Waals surface area contributed by atoms with Crippen molar-refractivity contribution in [3.63, 3.8) is 0 Å². The van der Waals surface area contributed by atoms with Crippen LogP contribution in [0.1, 0.15) is 22.9 Å². The number of nitrogens with one attached hydrogen (secondary N) is 2. The molecule has 0 saturated carbocycles. The second-order valence-electron chi connectivity index (χ2n) is 6.37. The summed E-state index contributed by atoms with van der Waals surface area (Å²) in [6, 6.07) is 14.2. The average Bonchev–Trinajstić information content (AvgIpc) is 3.05. The van der Waals surface area contributed by atoms with E-state index in [1.54, 1.807) is 7.11 Å². The van der Waals surface area contributed by atoms with Crippen molar-refractivity contribution in [3.8, 4) is 11.5 Å². The van der Waals surface area contributed by atoms with Gasteiger partial charge in [0.2, 0.25) is 0 Å². The fourth-order valence-corrected chi connectivity index (χ4v) is 3.60. The van der Waals surface area contributed by atoms with E-state index in [0.29, 0.717) is 11.5 Å². The number of carbonyl (C=O) groups excluding carboxylic acids is 1. The first kappa shape index (κ1) is 16.5. The highest BCUT2D eigenvalue weighted by Gasteiger charge is 2.25. The number of rotatable bonds is 5. The Morgan fingerprint density at radius 1 is 1.23 bits per heavy atom. The van der Waals surface area contributed by atoms with Gasteiger partial charge in [0, 0.05) is 23.1 Å². The third kappa shape index (κ3) is 2.88. The number of H-pyrrole nitrogens is 1. The number of para-hydroxylation sites is 1. The normalized spacial score (nSPS) is 16.3. The zero-order valence-corrected chi connectivity index (χ0v) is 14.5. The van der Waals surface area contributed by atoms with Gasteiger partial charge < -0.3 is 25.5 Å². The standard InChI is InChI=1S/C20H21N3O3/c1-25-17-10-12(6-7-16(17)26-11-18(21)24)19-20-14(8-9-22-19)13-4-2-3-5-15(13)23-20/h2-7,10,19,22-23H,8-9,11H2,1H3,(H2,21,24). The number of hydrogen-bond donors (Lipinski definition) is 3. The topological polar surface area (TPSA) is 89.4 Å². The molecular formula is C20H21N3O3. The molecule has 0 bridgehead atoms. The summed E-state index contributed by atoms with van der Waals surface area (Å²) in [5.74, 6) is 0.560.